The van der Waals surface area contributed by atoms with E-state index in [0.717, 1.165) is 18.2 Å². The van der Waals surface area contributed by atoms with Crippen LogP contribution in [0.3, 0.4) is 0 Å². The van der Waals surface area contributed by atoms with Crippen LogP contribution in [0.25, 0.3) is 0 Å². The van der Waals surface area contributed by atoms with Crippen LogP contribution >= 0.6 is 0 Å². The molecule has 2 heterocycles. The van der Waals surface area contributed by atoms with Crippen LogP contribution in [-0.2, 0) is 9.47 Å². The molecule has 3 unspecified atom stereocenters. The number of aliphatic imine (C=N–C) groups is 1. The Kier molecular flexibility index (Phi) is 2.63. The summed E-state index contributed by atoms with van der Waals surface area (Å²) in [5, 5.41) is 0. The van der Waals surface area contributed by atoms with E-state index < -0.39 is 0 Å². The third-order valence-corrected chi connectivity index (χ3v) is 4.01. The highest BCUT2D eigenvalue weighted by molar-refractivity contribution is 5.88. The molecule has 0 aromatic carbocycles. The fourth-order valence-electron chi connectivity index (χ4n) is 2.75. The third-order valence-electron chi connectivity index (χ3n) is 4.01. The maximum absolute atomic E-state index is 5.98. The van der Waals surface area contributed by atoms with Crippen LogP contribution in [0.5, 0.6) is 0 Å². The summed E-state index contributed by atoms with van der Waals surface area (Å²) in [6.45, 7) is 9.18. The standard InChI is InChI=1S/C16H21NO2/c1-11-6-8-18-13-9-16(4,7-5-12(11)13)14-17-10-15(2,3)19-14/h5-9,11-12H,10H2,1-4H3. The molecule has 3 atom stereocenters. The zero-order valence-corrected chi connectivity index (χ0v) is 12.0. The molecular formula is C16H21NO2. The highest BCUT2D eigenvalue weighted by Crippen LogP contribution is 2.40. The molecule has 0 saturated carbocycles. The monoisotopic (exact) mass is 259 g/mol. The van der Waals surface area contributed by atoms with Crippen molar-refractivity contribution in [3.05, 3.63) is 36.3 Å². The lowest BCUT2D eigenvalue weighted by Crippen LogP contribution is -2.33. The van der Waals surface area contributed by atoms with Crippen LogP contribution < -0.4 is 0 Å². The maximum Gasteiger partial charge on any atom is 0.198 e. The maximum atomic E-state index is 5.98. The van der Waals surface area contributed by atoms with Gasteiger partial charge < -0.3 is 9.47 Å². The van der Waals surface area contributed by atoms with Crippen molar-refractivity contribution >= 4 is 5.90 Å². The summed E-state index contributed by atoms with van der Waals surface area (Å²) in [5.74, 6) is 2.62. The van der Waals surface area contributed by atoms with E-state index in [2.05, 4.69) is 57.0 Å². The minimum absolute atomic E-state index is 0.192. The Labute approximate surface area is 114 Å². The van der Waals surface area contributed by atoms with Crippen molar-refractivity contribution in [3.8, 4) is 0 Å². The average Bonchev–Trinajstić information content (AvgIpc) is 2.70. The molecule has 3 aliphatic rings. The predicted molar refractivity (Wildman–Crippen MR) is 75.7 cm³/mol. The van der Waals surface area contributed by atoms with E-state index in [-0.39, 0.29) is 11.0 Å². The predicted octanol–water partition coefficient (Wildman–Crippen LogP) is 3.45. The van der Waals surface area contributed by atoms with Crippen LogP contribution in [0.15, 0.2) is 41.3 Å². The summed E-state index contributed by atoms with van der Waals surface area (Å²) in [7, 11) is 0. The van der Waals surface area contributed by atoms with Gasteiger partial charge in [-0.2, -0.15) is 0 Å². The molecule has 0 bridgehead atoms. The molecule has 0 aromatic rings. The van der Waals surface area contributed by atoms with Crippen LogP contribution in [0, 0.1) is 17.3 Å². The van der Waals surface area contributed by atoms with Gasteiger partial charge in [0.05, 0.1) is 18.2 Å². The van der Waals surface area contributed by atoms with Crippen molar-refractivity contribution in [2.45, 2.75) is 33.3 Å². The number of hydrogen-bond acceptors (Lipinski definition) is 3. The number of nitrogens with zero attached hydrogens (tertiary/aromatic N) is 1. The highest BCUT2D eigenvalue weighted by atomic mass is 16.5. The molecule has 102 valence electrons. The molecule has 3 nitrogen and oxygen atoms in total. The number of rotatable bonds is 1. The van der Waals surface area contributed by atoms with Crippen molar-refractivity contribution in [3.63, 3.8) is 0 Å². The van der Waals surface area contributed by atoms with Gasteiger partial charge >= 0.3 is 0 Å². The van der Waals surface area contributed by atoms with Crippen LogP contribution in [0.2, 0.25) is 0 Å². The first-order valence-electron chi connectivity index (χ1n) is 6.89. The van der Waals surface area contributed by atoms with E-state index in [0.29, 0.717) is 11.8 Å². The topological polar surface area (TPSA) is 30.8 Å². The molecule has 3 heteroatoms. The van der Waals surface area contributed by atoms with Gasteiger partial charge in [-0.25, -0.2) is 0 Å². The van der Waals surface area contributed by atoms with E-state index in [1.54, 1.807) is 6.26 Å². The Bertz CT molecular complexity index is 513. The lowest BCUT2D eigenvalue weighted by Gasteiger charge is -2.34. The Morgan fingerprint density at radius 3 is 2.74 bits per heavy atom. The second-order valence-electron chi connectivity index (χ2n) is 6.50. The van der Waals surface area contributed by atoms with Gasteiger partial charge in [0.1, 0.15) is 11.4 Å². The Morgan fingerprint density at radius 2 is 2.05 bits per heavy atom. The van der Waals surface area contributed by atoms with Crippen molar-refractivity contribution in [1.82, 2.24) is 0 Å². The lowest BCUT2D eigenvalue weighted by atomic mass is 9.77. The largest absolute Gasteiger partial charge is 0.472 e. The third kappa shape index (κ3) is 2.11. The van der Waals surface area contributed by atoms with Gasteiger partial charge in [-0.05, 0) is 38.8 Å². The fraction of sp³-hybridized carbons (Fsp3) is 0.562. The first kappa shape index (κ1) is 12.5. The van der Waals surface area contributed by atoms with Crippen molar-refractivity contribution in [1.29, 1.82) is 0 Å². The molecule has 0 saturated heterocycles. The van der Waals surface area contributed by atoms with E-state index in [1.165, 1.54) is 0 Å². The van der Waals surface area contributed by atoms with Gasteiger partial charge in [0, 0.05) is 5.92 Å². The minimum Gasteiger partial charge on any atom is -0.472 e. The molecule has 0 fully saturated rings. The smallest absolute Gasteiger partial charge is 0.198 e. The molecule has 19 heavy (non-hydrogen) atoms. The fourth-order valence-corrected chi connectivity index (χ4v) is 2.75. The van der Waals surface area contributed by atoms with Crippen LogP contribution in [0.4, 0.5) is 0 Å². The van der Waals surface area contributed by atoms with Crippen LogP contribution in [-0.4, -0.2) is 18.0 Å². The second-order valence-corrected chi connectivity index (χ2v) is 6.50. The summed E-state index contributed by atoms with van der Waals surface area (Å²) in [5.41, 5.74) is -0.480. The average molecular weight is 259 g/mol. The van der Waals surface area contributed by atoms with E-state index in [9.17, 15) is 0 Å². The van der Waals surface area contributed by atoms with Gasteiger partial charge in [-0.3, -0.25) is 4.99 Å². The first-order valence-corrected chi connectivity index (χ1v) is 6.89. The molecule has 3 rings (SSSR count). The molecule has 0 spiro atoms. The second kappa shape index (κ2) is 3.99. The first-order chi connectivity index (χ1) is 8.90. The molecule has 0 aromatic heterocycles. The number of hydrogen-bond donors (Lipinski definition) is 0. The zero-order chi connectivity index (χ0) is 13.7. The summed E-state index contributed by atoms with van der Waals surface area (Å²) in [4.78, 5) is 4.57. The molecule has 2 aliphatic heterocycles. The highest BCUT2D eigenvalue weighted by Gasteiger charge is 2.40. The van der Waals surface area contributed by atoms with E-state index in [4.69, 9.17) is 9.47 Å². The van der Waals surface area contributed by atoms with Crippen molar-refractivity contribution < 1.29 is 9.47 Å². The van der Waals surface area contributed by atoms with Gasteiger partial charge in [-0.1, -0.05) is 19.1 Å². The van der Waals surface area contributed by atoms with Gasteiger partial charge in [0.2, 0.25) is 0 Å². The minimum atomic E-state index is -0.287. The Balaban J connectivity index is 1.90. The van der Waals surface area contributed by atoms with Crippen molar-refractivity contribution in [2.75, 3.05) is 6.54 Å². The molecule has 0 radical (unpaired) electrons. The van der Waals surface area contributed by atoms with Crippen molar-refractivity contribution in [2.24, 2.45) is 22.2 Å². The molecule has 1 aliphatic carbocycles. The number of fused-ring (bicyclic) bond motifs is 1. The number of ether oxygens (including phenoxy) is 2. The SMILES string of the molecule is CC1C=COC2=CC(C)(C3=NCC(C)(C)O3)C=CC21. The summed E-state index contributed by atoms with van der Waals surface area (Å²) < 4.78 is 11.7. The quantitative estimate of drug-likeness (QED) is 0.675. The van der Waals surface area contributed by atoms with Gasteiger partial charge in [0.25, 0.3) is 0 Å². The Morgan fingerprint density at radius 1 is 1.26 bits per heavy atom. The zero-order valence-electron chi connectivity index (χ0n) is 12.0. The van der Waals surface area contributed by atoms with E-state index in [1.807, 2.05) is 0 Å². The Hall–Kier alpha value is -1.51. The molecular weight excluding hydrogens is 238 g/mol. The lowest BCUT2D eigenvalue weighted by molar-refractivity contribution is 0.118. The number of allylic oxidation sites excluding steroid dienone is 2. The summed E-state index contributed by atoms with van der Waals surface area (Å²) >= 11 is 0. The summed E-state index contributed by atoms with van der Waals surface area (Å²) in [6.07, 6.45) is 10.5. The van der Waals surface area contributed by atoms with Gasteiger partial charge in [-0.15, -0.1) is 0 Å². The summed E-state index contributed by atoms with van der Waals surface area (Å²) in [6, 6.07) is 0. The van der Waals surface area contributed by atoms with Crippen LogP contribution in [0.1, 0.15) is 27.7 Å². The molecule has 0 N–H and O–H groups in total. The molecule has 0 amide bonds. The van der Waals surface area contributed by atoms with Gasteiger partial charge in [0.15, 0.2) is 5.90 Å². The normalized spacial score (nSPS) is 38.9. The van der Waals surface area contributed by atoms with E-state index >= 15 is 0 Å².